The summed E-state index contributed by atoms with van der Waals surface area (Å²) in [6.45, 7) is 0. The van der Waals surface area contributed by atoms with E-state index in [2.05, 4.69) is 4.98 Å². The molecule has 1 aromatic heterocycles. The molecule has 1 unspecified atom stereocenters. The van der Waals surface area contributed by atoms with E-state index in [4.69, 9.17) is 17.3 Å². The van der Waals surface area contributed by atoms with E-state index in [1.165, 1.54) is 6.07 Å². The molecule has 0 spiro atoms. The van der Waals surface area contributed by atoms with Crippen molar-refractivity contribution in [1.82, 2.24) is 9.55 Å². The van der Waals surface area contributed by atoms with E-state index in [1.807, 2.05) is 0 Å². The van der Waals surface area contributed by atoms with Crippen LogP contribution in [-0.2, 0) is 12.6 Å². The average molecular weight is 316 g/mol. The second kappa shape index (κ2) is 5.03. The van der Waals surface area contributed by atoms with E-state index in [1.54, 1.807) is 10.6 Å². The van der Waals surface area contributed by atoms with E-state index >= 15 is 0 Å². The van der Waals surface area contributed by atoms with Gasteiger partial charge in [-0.2, -0.15) is 13.2 Å². The molecule has 0 amide bonds. The van der Waals surface area contributed by atoms with E-state index in [-0.39, 0.29) is 6.17 Å². The van der Waals surface area contributed by atoms with Crippen LogP contribution in [0.15, 0.2) is 24.3 Å². The summed E-state index contributed by atoms with van der Waals surface area (Å²) in [5.41, 5.74) is 6.52. The second-order valence-electron chi connectivity index (χ2n) is 5.08. The first kappa shape index (κ1) is 14.4. The standard InChI is InChI=1S/C14H13ClF3N3/c15-12-10-5-2-6-11(19)21(10)13(20-12)8-3-1-4-9(7-8)14(16,17)18/h1,3-4,7,11H,2,5-6,19H2. The van der Waals surface area contributed by atoms with Gasteiger partial charge in [0.25, 0.3) is 0 Å². The third-order valence-electron chi connectivity index (χ3n) is 3.65. The maximum Gasteiger partial charge on any atom is 0.416 e. The fourth-order valence-corrected chi connectivity index (χ4v) is 2.93. The quantitative estimate of drug-likeness (QED) is 0.864. The molecular weight excluding hydrogens is 303 g/mol. The summed E-state index contributed by atoms with van der Waals surface area (Å²) in [5.74, 6) is 0.397. The van der Waals surface area contributed by atoms with Crippen molar-refractivity contribution in [1.29, 1.82) is 0 Å². The van der Waals surface area contributed by atoms with Gasteiger partial charge in [0.2, 0.25) is 0 Å². The van der Waals surface area contributed by atoms with E-state index in [0.29, 0.717) is 16.5 Å². The molecule has 2 heterocycles. The van der Waals surface area contributed by atoms with Crippen LogP contribution in [0, 0.1) is 0 Å². The lowest BCUT2D eigenvalue weighted by Crippen LogP contribution is -2.25. The van der Waals surface area contributed by atoms with Crippen LogP contribution in [0.5, 0.6) is 0 Å². The van der Waals surface area contributed by atoms with Crippen LogP contribution in [0.25, 0.3) is 11.4 Å². The van der Waals surface area contributed by atoms with E-state index in [0.717, 1.165) is 37.1 Å². The van der Waals surface area contributed by atoms with Crippen molar-refractivity contribution in [3.05, 3.63) is 40.7 Å². The molecule has 3 rings (SSSR count). The molecule has 0 saturated carbocycles. The molecular formula is C14H13ClF3N3. The smallest absolute Gasteiger partial charge is 0.311 e. The Hall–Kier alpha value is -1.53. The first-order valence-electron chi connectivity index (χ1n) is 6.58. The number of benzene rings is 1. The van der Waals surface area contributed by atoms with Crippen LogP contribution in [0.2, 0.25) is 5.15 Å². The van der Waals surface area contributed by atoms with Gasteiger partial charge in [0.15, 0.2) is 5.15 Å². The van der Waals surface area contributed by atoms with Gasteiger partial charge < -0.3 is 10.3 Å². The number of hydrogen-bond acceptors (Lipinski definition) is 2. The molecule has 0 saturated heterocycles. The molecule has 2 aromatic rings. The molecule has 0 aliphatic carbocycles. The van der Waals surface area contributed by atoms with E-state index < -0.39 is 11.7 Å². The number of halogens is 4. The summed E-state index contributed by atoms with van der Waals surface area (Å²) in [6, 6.07) is 5.06. The van der Waals surface area contributed by atoms with Crippen molar-refractivity contribution < 1.29 is 13.2 Å². The first-order valence-corrected chi connectivity index (χ1v) is 6.95. The zero-order valence-corrected chi connectivity index (χ0v) is 11.7. The molecule has 0 radical (unpaired) electrons. The van der Waals surface area contributed by atoms with Crippen molar-refractivity contribution in [2.75, 3.05) is 0 Å². The number of imidazole rings is 1. The summed E-state index contributed by atoms with van der Waals surface area (Å²) < 4.78 is 40.2. The van der Waals surface area contributed by atoms with Crippen LogP contribution >= 0.6 is 11.6 Å². The van der Waals surface area contributed by atoms with Gasteiger partial charge in [-0.3, -0.25) is 0 Å². The fraction of sp³-hybridized carbons (Fsp3) is 0.357. The monoisotopic (exact) mass is 315 g/mol. The Bertz CT molecular complexity index is 679. The number of hydrogen-bond donors (Lipinski definition) is 1. The highest BCUT2D eigenvalue weighted by Crippen LogP contribution is 2.36. The molecule has 1 aliphatic heterocycles. The van der Waals surface area contributed by atoms with Crippen molar-refractivity contribution in [3.63, 3.8) is 0 Å². The van der Waals surface area contributed by atoms with E-state index in [9.17, 15) is 13.2 Å². The summed E-state index contributed by atoms with van der Waals surface area (Å²) in [5, 5.41) is 0.317. The lowest BCUT2D eigenvalue weighted by Gasteiger charge is -2.24. The van der Waals surface area contributed by atoms with Crippen molar-refractivity contribution >= 4 is 11.6 Å². The Balaban J connectivity index is 2.14. The summed E-state index contributed by atoms with van der Waals surface area (Å²) in [6.07, 6.45) is -2.31. The van der Waals surface area contributed by atoms with Gasteiger partial charge in [-0.1, -0.05) is 23.7 Å². The van der Waals surface area contributed by atoms with Crippen molar-refractivity contribution in [2.45, 2.75) is 31.6 Å². The highest BCUT2D eigenvalue weighted by molar-refractivity contribution is 6.30. The van der Waals surface area contributed by atoms with Crippen LogP contribution in [0.3, 0.4) is 0 Å². The Morgan fingerprint density at radius 2 is 2.10 bits per heavy atom. The molecule has 1 atom stereocenters. The SMILES string of the molecule is NC1CCCc2c(Cl)nc(-c3cccc(C(F)(F)F)c3)n21. The molecule has 1 aromatic carbocycles. The predicted octanol–water partition coefficient (Wildman–Crippen LogP) is 4.02. The molecule has 112 valence electrons. The maximum atomic E-state index is 12.8. The third-order valence-corrected chi connectivity index (χ3v) is 3.96. The topological polar surface area (TPSA) is 43.8 Å². The van der Waals surface area contributed by atoms with Gasteiger partial charge in [0.05, 0.1) is 17.4 Å². The number of rotatable bonds is 1. The summed E-state index contributed by atoms with van der Waals surface area (Å²) in [4.78, 5) is 4.22. The fourth-order valence-electron chi connectivity index (χ4n) is 2.67. The highest BCUT2D eigenvalue weighted by atomic mass is 35.5. The van der Waals surface area contributed by atoms with Crippen molar-refractivity contribution in [3.8, 4) is 11.4 Å². The molecule has 3 nitrogen and oxygen atoms in total. The minimum atomic E-state index is -4.39. The van der Waals surface area contributed by atoms with Gasteiger partial charge >= 0.3 is 6.18 Å². The molecule has 1 aliphatic rings. The number of aromatic nitrogens is 2. The molecule has 0 bridgehead atoms. The Labute approximate surface area is 124 Å². The van der Waals surface area contributed by atoms with Gasteiger partial charge in [-0.05, 0) is 31.4 Å². The number of fused-ring (bicyclic) bond motifs is 1. The molecule has 7 heteroatoms. The number of nitrogens with two attached hydrogens (primary N) is 1. The summed E-state index contributed by atoms with van der Waals surface area (Å²) in [7, 11) is 0. The van der Waals surface area contributed by atoms with Crippen LogP contribution in [-0.4, -0.2) is 9.55 Å². The minimum Gasteiger partial charge on any atom is -0.311 e. The molecule has 2 N–H and O–H groups in total. The minimum absolute atomic E-state index is 0.307. The number of nitrogens with zero attached hydrogens (tertiary/aromatic N) is 2. The normalized spacial score (nSPS) is 18.6. The highest BCUT2D eigenvalue weighted by Gasteiger charge is 2.31. The van der Waals surface area contributed by atoms with Gasteiger partial charge in [-0.15, -0.1) is 0 Å². The Kier molecular flexibility index (Phi) is 3.45. The van der Waals surface area contributed by atoms with Crippen LogP contribution in [0.4, 0.5) is 13.2 Å². The van der Waals surface area contributed by atoms with Gasteiger partial charge in [-0.25, -0.2) is 4.98 Å². The predicted molar refractivity (Wildman–Crippen MR) is 73.8 cm³/mol. The van der Waals surface area contributed by atoms with Gasteiger partial charge in [0, 0.05) is 5.56 Å². The van der Waals surface area contributed by atoms with Crippen LogP contribution in [0.1, 0.15) is 30.3 Å². The largest absolute Gasteiger partial charge is 0.416 e. The zero-order chi connectivity index (χ0) is 15.2. The molecule has 21 heavy (non-hydrogen) atoms. The Morgan fingerprint density at radius 3 is 2.81 bits per heavy atom. The zero-order valence-electron chi connectivity index (χ0n) is 11.0. The van der Waals surface area contributed by atoms with Gasteiger partial charge in [0.1, 0.15) is 5.82 Å². The Morgan fingerprint density at radius 1 is 1.33 bits per heavy atom. The maximum absolute atomic E-state index is 12.8. The second-order valence-corrected chi connectivity index (χ2v) is 5.44. The molecule has 0 fully saturated rings. The lowest BCUT2D eigenvalue weighted by molar-refractivity contribution is -0.137. The number of alkyl halides is 3. The third kappa shape index (κ3) is 2.53. The van der Waals surface area contributed by atoms with Crippen LogP contribution < -0.4 is 5.73 Å². The van der Waals surface area contributed by atoms with Crippen molar-refractivity contribution in [2.24, 2.45) is 5.73 Å². The lowest BCUT2D eigenvalue weighted by atomic mass is 10.1. The first-order chi connectivity index (χ1) is 9.88. The average Bonchev–Trinajstić information content (AvgIpc) is 2.77. The summed E-state index contributed by atoms with van der Waals surface area (Å²) >= 11 is 6.10.